The Kier molecular flexibility index (Phi) is 5.08. The van der Waals surface area contributed by atoms with E-state index in [0.717, 1.165) is 0 Å². The van der Waals surface area contributed by atoms with Gasteiger partial charge in [0.25, 0.3) is 0 Å². The first-order chi connectivity index (χ1) is 15.6. The van der Waals surface area contributed by atoms with Crippen molar-refractivity contribution in [2.45, 2.75) is 57.2 Å². The number of hydrogen-bond donors (Lipinski definition) is 5. The molecule has 1 aromatic carbocycles. The summed E-state index contributed by atoms with van der Waals surface area (Å²) in [7, 11) is 0. The van der Waals surface area contributed by atoms with Crippen molar-refractivity contribution in [3.63, 3.8) is 0 Å². The second-order valence-corrected chi connectivity index (χ2v) is 10.7. The lowest BCUT2D eigenvalue weighted by molar-refractivity contribution is -0.189. The number of anilines is 1. The van der Waals surface area contributed by atoms with Crippen molar-refractivity contribution in [1.29, 1.82) is 0 Å². The minimum absolute atomic E-state index is 0.188. The number of phenols is 1. The topological polar surface area (TPSA) is 198 Å². The lowest BCUT2D eigenvalue weighted by Gasteiger charge is -2.53. The van der Waals surface area contributed by atoms with E-state index in [4.69, 9.17) is 11.5 Å². The largest absolute Gasteiger partial charge is 0.507 e. The van der Waals surface area contributed by atoms with E-state index < -0.39 is 82.2 Å². The predicted octanol–water partition coefficient (Wildman–Crippen LogP) is -0.262. The van der Waals surface area contributed by atoms with Crippen molar-refractivity contribution < 1.29 is 39.3 Å². The molecule has 1 aromatic rings. The van der Waals surface area contributed by atoms with Crippen LogP contribution in [0.3, 0.4) is 0 Å². The van der Waals surface area contributed by atoms with E-state index in [9.17, 15) is 39.3 Å². The molecule has 4 rings (SSSR count). The second-order valence-electron chi connectivity index (χ2n) is 10.7. The number of fused-ring (bicyclic) bond motifs is 3. The van der Waals surface area contributed by atoms with Gasteiger partial charge < -0.3 is 26.8 Å². The molecule has 7 N–H and O–H groups in total. The molecule has 0 aliphatic heterocycles. The number of phenolic OH excluding ortho intramolecular Hbond substituents is 1. The van der Waals surface area contributed by atoms with Crippen LogP contribution in [-0.4, -0.2) is 56.1 Å². The summed E-state index contributed by atoms with van der Waals surface area (Å²) < 4.78 is 0. The summed E-state index contributed by atoms with van der Waals surface area (Å²) >= 11 is 0. The van der Waals surface area contributed by atoms with Crippen LogP contribution in [0.15, 0.2) is 6.07 Å². The maximum Gasteiger partial charge on any atom is 0.235 e. The average Bonchev–Trinajstić information content (AvgIpc) is 2.71. The molecule has 0 spiro atoms. The van der Waals surface area contributed by atoms with Crippen LogP contribution in [-0.2, 0) is 24.6 Å². The Labute approximate surface area is 195 Å². The van der Waals surface area contributed by atoms with E-state index >= 15 is 0 Å². The van der Waals surface area contributed by atoms with Gasteiger partial charge in [0.1, 0.15) is 5.75 Å². The highest BCUT2D eigenvalue weighted by atomic mass is 16.3. The number of Topliss-reactive ketones (excluding diaryl/α,β-unsaturated/α-hetero) is 4. The summed E-state index contributed by atoms with van der Waals surface area (Å²) in [6.45, 7) is 7.03. The van der Waals surface area contributed by atoms with Crippen LogP contribution >= 0.6 is 0 Å². The van der Waals surface area contributed by atoms with Crippen LogP contribution in [0.2, 0.25) is 0 Å². The van der Waals surface area contributed by atoms with Gasteiger partial charge in [-0.2, -0.15) is 0 Å². The maximum absolute atomic E-state index is 13.7. The van der Waals surface area contributed by atoms with Gasteiger partial charge in [-0.1, -0.05) is 27.7 Å². The summed E-state index contributed by atoms with van der Waals surface area (Å²) in [4.78, 5) is 64.5. The number of aromatic hydroxyl groups is 1. The number of benzene rings is 1. The number of ketones is 4. The second kappa shape index (κ2) is 7.19. The molecule has 1 amide bonds. The monoisotopic (exact) mass is 472 g/mol. The van der Waals surface area contributed by atoms with Gasteiger partial charge in [0.2, 0.25) is 5.91 Å². The average molecular weight is 472 g/mol. The van der Waals surface area contributed by atoms with Crippen molar-refractivity contribution in [3.8, 4) is 5.75 Å². The number of hydrogen-bond acceptors (Lipinski definition) is 9. The highest BCUT2D eigenvalue weighted by Crippen LogP contribution is 2.55. The number of carbonyl (C=O) groups excluding carboxylic acids is 5. The minimum Gasteiger partial charge on any atom is -0.507 e. The van der Waals surface area contributed by atoms with Crippen LogP contribution in [0, 0.1) is 23.7 Å². The first kappa shape index (κ1) is 24.0. The molecule has 2 fully saturated rings. The van der Waals surface area contributed by atoms with Gasteiger partial charge in [0, 0.05) is 29.5 Å². The summed E-state index contributed by atoms with van der Waals surface area (Å²) in [6.07, 6.45) is -2.26. The molecule has 3 aliphatic carbocycles. The molecule has 3 aliphatic rings. The van der Waals surface area contributed by atoms with Crippen molar-refractivity contribution in [2.75, 3.05) is 5.73 Å². The molecule has 7 atom stereocenters. The summed E-state index contributed by atoms with van der Waals surface area (Å²) in [5, 5.41) is 33.5. The van der Waals surface area contributed by atoms with Crippen LogP contribution < -0.4 is 11.5 Å². The van der Waals surface area contributed by atoms with E-state index in [1.165, 1.54) is 0 Å². The molecule has 182 valence electrons. The molecule has 2 unspecified atom stereocenters. The lowest BCUT2D eigenvalue weighted by atomic mass is 9.50. The number of amides is 1. The molecule has 10 nitrogen and oxygen atoms in total. The Hall–Kier alpha value is -3.11. The van der Waals surface area contributed by atoms with Gasteiger partial charge in [-0.3, -0.25) is 24.0 Å². The summed E-state index contributed by atoms with van der Waals surface area (Å²) in [5.74, 6) is -13.2. The van der Waals surface area contributed by atoms with Gasteiger partial charge in [-0.25, -0.2) is 0 Å². The Balaban J connectivity index is 1.94. The number of primary amides is 1. The Morgan fingerprint density at radius 2 is 1.74 bits per heavy atom. The number of aliphatic hydroxyl groups is 2. The van der Waals surface area contributed by atoms with E-state index in [1.54, 1.807) is 33.8 Å². The third kappa shape index (κ3) is 2.84. The van der Waals surface area contributed by atoms with Gasteiger partial charge in [-0.05, 0) is 23.0 Å². The molecule has 10 heteroatoms. The van der Waals surface area contributed by atoms with Crippen molar-refractivity contribution in [3.05, 3.63) is 22.8 Å². The number of nitrogen functional groups attached to an aromatic ring is 1. The van der Waals surface area contributed by atoms with E-state index in [2.05, 4.69) is 0 Å². The molecule has 2 saturated carbocycles. The smallest absolute Gasteiger partial charge is 0.235 e. The maximum atomic E-state index is 13.7. The van der Waals surface area contributed by atoms with Crippen LogP contribution in [0.1, 0.15) is 61.5 Å². The SMILES string of the molecule is C[C@H]1c2c(N)cc(C(C)(C)C)c(O)c2C(=O)C2C(=O)[C@]3(O)C(=O)C(C(N)=O)C(=O)C[C@@H]3[C@@H](O)[C@@H]21. The minimum atomic E-state index is -2.94. The highest BCUT2D eigenvalue weighted by Gasteiger charge is 2.70. The zero-order valence-corrected chi connectivity index (χ0v) is 19.3. The van der Waals surface area contributed by atoms with Gasteiger partial charge in [0.15, 0.2) is 34.7 Å². The Morgan fingerprint density at radius 1 is 1.15 bits per heavy atom. The fourth-order valence-electron chi connectivity index (χ4n) is 6.11. The fourth-order valence-corrected chi connectivity index (χ4v) is 6.11. The third-order valence-electron chi connectivity index (χ3n) is 7.79. The van der Waals surface area contributed by atoms with Gasteiger partial charge >= 0.3 is 0 Å². The molecular weight excluding hydrogens is 444 g/mol. The molecule has 0 radical (unpaired) electrons. The standard InChI is InChI=1S/C24H28N2O8/c1-7-12-10(25)5-8(23(2,3)4)17(28)15(12)19(30)16-13(7)18(29)9-6-11(27)14(22(26)33)20(31)24(9,34)21(16)32/h5,7,9,13-14,16,18,28-29,34H,6,25H2,1-4H3,(H2,26,33)/t7-,9+,13+,14?,16?,18+,24+/m0/s1. The third-order valence-corrected chi connectivity index (χ3v) is 7.79. The molecule has 34 heavy (non-hydrogen) atoms. The normalized spacial score (nSPS) is 35.5. The van der Waals surface area contributed by atoms with Crippen molar-refractivity contribution >= 4 is 34.7 Å². The molecule has 0 bridgehead atoms. The Morgan fingerprint density at radius 3 is 2.26 bits per heavy atom. The zero-order chi connectivity index (χ0) is 25.7. The van der Waals surface area contributed by atoms with Crippen LogP contribution in [0.25, 0.3) is 0 Å². The van der Waals surface area contributed by atoms with Crippen LogP contribution in [0.4, 0.5) is 5.69 Å². The van der Waals surface area contributed by atoms with Crippen molar-refractivity contribution in [1.82, 2.24) is 0 Å². The van der Waals surface area contributed by atoms with E-state index in [-0.39, 0.29) is 22.6 Å². The van der Waals surface area contributed by atoms with Crippen LogP contribution in [0.5, 0.6) is 5.75 Å². The fraction of sp³-hybridized carbons (Fsp3) is 0.542. The summed E-state index contributed by atoms with van der Waals surface area (Å²) in [5.41, 5.74) is 8.54. The molecular formula is C24H28N2O8. The zero-order valence-electron chi connectivity index (χ0n) is 19.3. The molecule has 0 aromatic heterocycles. The number of carbonyl (C=O) groups is 5. The van der Waals surface area contributed by atoms with Crippen molar-refractivity contribution in [2.24, 2.45) is 29.4 Å². The quantitative estimate of drug-likeness (QED) is 0.207. The molecule has 0 saturated heterocycles. The Bertz CT molecular complexity index is 1180. The highest BCUT2D eigenvalue weighted by molar-refractivity contribution is 6.31. The summed E-state index contributed by atoms with van der Waals surface area (Å²) in [6, 6.07) is 1.55. The van der Waals surface area contributed by atoms with E-state index in [1.807, 2.05) is 0 Å². The van der Waals surface area contributed by atoms with Gasteiger partial charge in [0.05, 0.1) is 17.6 Å². The first-order valence-corrected chi connectivity index (χ1v) is 11.1. The molecule has 0 heterocycles. The predicted molar refractivity (Wildman–Crippen MR) is 118 cm³/mol. The first-order valence-electron chi connectivity index (χ1n) is 11.1. The van der Waals surface area contributed by atoms with Gasteiger partial charge in [-0.15, -0.1) is 0 Å². The van der Waals surface area contributed by atoms with E-state index in [0.29, 0.717) is 5.56 Å². The lowest BCUT2D eigenvalue weighted by Crippen LogP contribution is -2.72. The number of aliphatic hydroxyl groups excluding tert-OH is 1. The number of rotatable bonds is 1. The number of nitrogens with two attached hydrogens (primary N) is 2.